The minimum atomic E-state index is -0.241. The first-order chi connectivity index (χ1) is 6.66. The molecule has 15 heavy (non-hydrogen) atoms. The highest BCUT2D eigenvalue weighted by Crippen LogP contribution is 2.22. The first kappa shape index (κ1) is 12.0. The SMILES string of the molecule is CC(N)Cc1cc(F)cc2ccoc12.Cl. The zero-order valence-electron chi connectivity index (χ0n) is 8.37. The summed E-state index contributed by atoms with van der Waals surface area (Å²) < 4.78 is 18.4. The Kier molecular flexibility index (Phi) is 3.72. The molecule has 2 rings (SSSR count). The van der Waals surface area contributed by atoms with Gasteiger partial charge < -0.3 is 10.2 Å². The van der Waals surface area contributed by atoms with Crippen LogP contribution in [0, 0.1) is 5.82 Å². The highest BCUT2D eigenvalue weighted by molar-refractivity contribution is 5.85. The summed E-state index contributed by atoms with van der Waals surface area (Å²) >= 11 is 0. The van der Waals surface area contributed by atoms with Crippen LogP contribution in [0.25, 0.3) is 11.0 Å². The largest absolute Gasteiger partial charge is 0.464 e. The Hall–Kier alpha value is -1.06. The summed E-state index contributed by atoms with van der Waals surface area (Å²) in [6, 6.07) is 4.70. The Balaban J connectivity index is 0.00000112. The van der Waals surface area contributed by atoms with Crippen LogP contribution in [0.2, 0.25) is 0 Å². The highest BCUT2D eigenvalue weighted by atomic mass is 35.5. The van der Waals surface area contributed by atoms with Crippen LogP contribution >= 0.6 is 12.4 Å². The predicted octanol–water partition coefficient (Wildman–Crippen LogP) is 2.88. The van der Waals surface area contributed by atoms with Crippen LogP contribution in [0.3, 0.4) is 0 Å². The average molecular weight is 230 g/mol. The molecule has 0 aliphatic heterocycles. The van der Waals surface area contributed by atoms with Crippen molar-refractivity contribution < 1.29 is 8.81 Å². The van der Waals surface area contributed by atoms with Gasteiger partial charge in [0, 0.05) is 11.4 Å². The summed E-state index contributed by atoms with van der Waals surface area (Å²) in [5, 5.41) is 0.792. The topological polar surface area (TPSA) is 39.2 Å². The quantitative estimate of drug-likeness (QED) is 0.860. The van der Waals surface area contributed by atoms with Gasteiger partial charge in [0.05, 0.1) is 6.26 Å². The Morgan fingerprint density at radius 1 is 1.47 bits per heavy atom. The molecule has 0 saturated heterocycles. The number of furan rings is 1. The van der Waals surface area contributed by atoms with Gasteiger partial charge in [-0.05, 0) is 37.1 Å². The van der Waals surface area contributed by atoms with Crippen LogP contribution in [0.5, 0.6) is 0 Å². The number of fused-ring (bicyclic) bond motifs is 1. The van der Waals surface area contributed by atoms with Crippen molar-refractivity contribution >= 4 is 23.4 Å². The second-order valence-corrected chi connectivity index (χ2v) is 3.59. The van der Waals surface area contributed by atoms with E-state index in [9.17, 15) is 4.39 Å². The van der Waals surface area contributed by atoms with Crippen molar-refractivity contribution in [2.75, 3.05) is 0 Å². The van der Waals surface area contributed by atoms with E-state index in [1.165, 1.54) is 12.1 Å². The molecule has 2 aromatic rings. The third-order valence-corrected chi connectivity index (χ3v) is 2.13. The van der Waals surface area contributed by atoms with Gasteiger partial charge in [-0.3, -0.25) is 0 Å². The molecule has 0 aliphatic rings. The van der Waals surface area contributed by atoms with Crippen LogP contribution in [0.15, 0.2) is 28.9 Å². The van der Waals surface area contributed by atoms with E-state index < -0.39 is 0 Å². The summed E-state index contributed by atoms with van der Waals surface area (Å²) in [7, 11) is 0. The molecule has 2 nitrogen and oxygen atoms in total. The molecule has 0 amide bonds. The molecule has 2 N–H and O–H groups in total. The maximum atomic E-state index is 13.1. The minimum absolute atomic E-state index is 0. The molecule has 0 bridgehead atoms. The second-order valence-electron chi connectivity index (χ2n) is 3.59. The number of hydrogen-bond donors (Lipinski definition) is 1. The molecule has 1 unspecified atom stereocenters. The van der Waals surface area contributed by atoms with Crippen molar-refractivity contribution in [1.29, 1.82) is 0 Å². The molecule has 82 valence electrons. The molecule has 1 aromatic heterocycles. The van der Waals surface area contributed by atoms with E-state index in [-0.39, 0.29) is 24.3 Å². The smallest absolute Gasteiger partial charge is 0.137 e. The van der Waals surface area contributed by atoms with E-state index in [1.807, 2.05) is 6.92 Å². The van der Waals surface area contributed by atoms with Gasteiger partial charge in [0.2, 0.25) is 0 Å². The number of benzene rings is 1. The van der Waals surface area contributed by atoms with E-state index in [2.05, 4.69) is 0 Å². The Morgan fingerprint density at radius 2 is 2.20 bits per heavy atom. The third kappa shape index (κ3) is 2.49. The molecule has 1 heterocycles. The molecule has 0 radical (unpaired) electrons. The molecule has 0 fully saturated rings. The number of hydrogen-bond acceptors (Lipinski definition) is 2. The minimum Gasteiger partial charge on any atom is -0.464 e. The van der Waals surface area contributed by atoms with Gasteiger partial charge in [-0.15, -0.1) is 12.4 Å². The fourth-order valence-electron chi connectivity index (χ4n) is 1.61. The van der Waals surface area contributed by atoms with Crippen LogP contribution < -0.4 is 5.73 Å². The maximum absolute atomic E-state index is 13.1. The molecule has 1 atom stereocenters. The summed E-state index contributed by atoms with van der Waals surface area (Å²) in [4.78, 5) is 0. The zero-order valence-corrected chi connectivity index (χ0v) is 9.18. The van der Waals surface area contributed by atoms with E-state index in [4.69, 9.17) is 10.2 Å². The fourth-order valence-corrected chi connectivity index (χ4v) is 1.61. The molecule has 1 aromatic carbocycles. The second kappa shape index (κ2) is 4.64. The van der Waals surface area contributed by atoms with Crippen molar-refractivity contribution in [1.82, 2.24) is 0 Å². The lowest BCUT2D eigenvalue weighted by Crippen LogP contribution is -2.17. The lowest BCUT2D eigenvalue weighted by Gasteiger charge is -2.05. The van der Waals surface area contributed by atoms with Gasteiger partial charge in [0.25, 0.3) is 0 Å². The molecule has 0 aliphatic carbocycles. The summed E-state index contributed by atoms with van der Waals surface area (Å²) in [5.74, 6) is -0.241. The fraction of sp³-hybridized carbons (Fsp3) is 0.273. The predicted molar refractivity (Wildman–Crippen MR) is 60.8 cm³/mol. The van der Waals surface area contributed by atoms with Gasteiger partial charge in [-0.25, -0.2) is 4.39 Å². The van der Waals surface area contributed by atoms with E-state index >= 15 is 0 Å². The van der Waals surface area contributed by atoms with Crippen molar-refractivity contribution in [3.63, 3.8) is 0 Å². The van der Waals surface area contributed by atoms with E-state index in [0.717, 1.165) is 16.5 Å². The van der Waals surface area contributed by atoms with Crippen LogP contribution in [0.4, 0.5) is 4.39 Å². The molecule has 4 heteroatoms. The molecular formula is C11H13ClFNO. The number of nitrogens with two attached hydrogens (primary N) is 1. The lowest BCUT2D eigenvalue weighted by molar-refractivity contribution is 0.597. The average Bonchev–Trinajstić information content (AvgIpc) is 2.50. The van der Waals surface area contributed by atoms with Gasteiger partial charge >= 0.3 is 0 Å². The van der Waals surface area contributed by atoms with Crippen molar-refractivity contribution in [3.05, 3.63) is 35.8 Å². The zero-order chi connectivity index (χ0) is 10.1. The lowest BCUT2D eigenvalue weighted by atomic mass is 10.1. The summed E-state index contributed by atoms with van der Waals surface area (Å²) in [6.45, 7) is 1.89. The first-order valence-corrected chi connectivity index (χ1v) is 4.58. The van der Waals surface area contributed by atoms with Crippen LogP contribution in [0.1, 0.15) is 12.5 Å². The highest BCUT2D eigenvalue weighted by Gasteiger charge is 2.08. The monoisotopic (exact) mass is 229 g/mol. The Labute approximate surface area is 93.7 Å². The third-order valence-electron chi connectivity index (χ3n) is 2.13. The molecule has 0 saturated carbocycles. The Morgan fingerprint density at radius 3 is 2.87 bits per heavy atom. The molecule has 0 spiro atoms. The first-order valence-electron chi connectivity index (χ1n) is 4.58. The van der Waals surface area contributed by atoms with Gasteiger partial charge in [0.15, 0.2) is 0 Å². The van der Waals surface area contributed by atoms with Crippen molar-refractivity contribution in [3.8, 4) is 0 Å². The van der Waals surface area contributed by atoms with Gasteiger partial charge in [-0.2, -0.15) is 0 Å². The number of rotatable bonds is 2. The van der Waals surface area contributed by atoms with E-state index in [1.54, 1.807) is 12.3 Å². The number of halogens is 2. The maximum Gasteiger partial charge on any atom is 0.137 e. The van der Waals surface area contributed by atoms with Crippen LogP contribution in [-0.2, 0) is 6.42 Å². The standard InChI is InChI=1S/C11H12FNO.ClH/c1-7(13)4-9-6-10(12)5-8-2-3-14-11(8)9;/h2-3,5-7H,4,13H2,1H3;1H. The van der Waals surface area contributed by atoms with E-state index in [0.29, 0.717) is 6.42 Å². The van der Waals surface area contributed by atoms with Crippen LogP contribution in [-0.4, -0.2) is 6.04 Å². The molecular weight excluding hydrogens is 217 g/mol. The van der Waals surface area contributed by atoms with Crippen molar-refractivity contribution in [2.45, 2.75) is 19.4 Å². The van der Waals surface area contributed by atoms with Gasteiger partial charge in [-0.1, -0.05) is 0 Å². The summed E-state index contributed by atoms with van der Waals surface area (Å²) in [6.07, 6.45) is 2.19. The normalized spacial score (nSPS) is 12.5. The van der Waals surface area contributed by atoms with Gasteiger partial charge in [0.1, 0.15) is 11.4 Å². The van der Waals surface area contributed by atoms with Crippen molar-refractivity contribution in [2.24, 2.45) is 5.73 Å². The Bertz CT molecular complexity index is 453. The summed E-state index contributed by atoms with van der Waals surface area (Å²) in [5.41, 5.74) is 7.24.